The standard InChI is InChI=1S/C19H21F3N6O/c1-26-8-3-4-13(11-26)27(2)18-17-23-7-9-28(17)16(24-25-18)14-6-5-12(10-15(14)29)19(20,21)22/h5-7,9-10,13,29H,3-4,8,11H2,1-2H3. The van der Waals surface area contributed by atoms with E-state index in [9.17, 15) is 18.3 Å². The monoisotopic (exact) mass is 406 g/mol. The lowest BCUT2D eigenvalue weighted by Crippen LogP contribution is -2.45. The van der Waals surface area contributed by atoms with Gasteiger partial charge in [-0.1, -0.05) is 0 Å². The van der Waals surface area contributed by atoms with Crippen LogP contribution < -0.4 is 4.90 Å². The van der Waals surface area contributed by atoms with Gasteiger partial charge in [-0.25, -0.2) is 4.98 Å². The minimum absolute atomic E-state index is 0.153. The fraction of sp³-hybridized carbons (Fsp3) is 0.421. The Balaban J connectivity index is 1.74. The number of fused-ring (bicyclic) bond motifs is 1. The van der Waals surface area contributed by atoms with Crippen LogP contribution in [0.2, 0.25) is 0 Å². The topological polar surface area (TPSA) is 69.8 Å². The van der Waals surface area contributed by atoms with Crippen LogP contribution in [0.4, 0.5) is 19.0 Å². The van der Waals surface area contributed by atoms with Gasteiger partial charge in [-0.3, -0.25) is 4.40 Å². The molecule has 29 heavy (non-hydrogen) atoms. The molecule has 1 fully saturated rings. The third-order valence-electron chi connectivity index (χ3n) is 5.36. The number of piperidine rings is 1. The Morgan fingerprint density at radius 3 is 2.72 bits per heavy atom. The summed E-state index contributed by atoms with van der Waals surface area (Å²) < 4.78 is 40.3. The summed E-state index contributed by atoms with van der Waals surface area (Å²) in [6.07, 6.45) is 0.804. The number of phenols is 1. The molecule has 154 valence electrons. The number of likely N-dealkylation sites (N-methyl/N-ethyl adjacent to an activating group) is 2. The van der Waals surface area contributed by atoms with Crippen molar-refractivity contribution in [2.75, 3.05) is 32.1 Å². The van der Waals surface area contributed by atoms with Crippen LogP contribution in [0.25, 0.3) is 17.0 Å². The van der Waals surface area contributed by atoms with Crippen LogP contribution in [0.3, 0.4) is 0 Å². The molecule has 1 aliphatic rings. The van der Waals surface area contributed by atoms with Crippen LogP contribution >= 0.6 is 0 Å². The van der Waals surface area contributed by atoms with Crippen molar-refractivity contribution >= 4 is 11.5 Å². The molecule has 0 spiro atoms. The van der Waals surface area contributed by atoms with Crippen molar-refractivity contribution in [2.24, 2.45) is 0 Å². The van der Waals surface area contributed by atoms with Crippen LogP contribution in [0.15, 0.2) is 30.6 Å². The minimum Gasteiger partial charge on any atom is -0.507 e. The normalized spacial score (nSPS) is 18.3. The third kappa shape index (κ3) is 3.59. The molecule has 7 nitrogen and oxygen atoms in total. The van der Waals surface area contributed by atoms with E-state index in [4.69, 9.17) is 0 Å². The predicted octanol–water partition coefficient (Wildman–Crippen LogP) is 3.05. The zero-order valence-electron chi connectivity index (χ0n) is 16.1. The molecule has 4 rings (SSSR count). The van der Waals surface area contributed by atoms with Gasteiger partial charge in [0.1, 0.15) is 5.75 Å². The van der Waals surface area contributed by atoms with E-state index in [2.05, 4.69) is 27.1 Å². The van der Waals surface area contributed by atoms with Crippen molar-refractivity contribution in [3.05, 3.63) is 36.2 Å². The maximum atomic E-state index is 12.9. The van der Waals surface area contributed by atoms with Crippen molar-refractivity contribution in [1.82, 2.24) is 24.5 Å². The number of nitrogens with zero attached hydrogens (tertiary/aromatic N) is 6. The number of aromatic nitrogens is 4. The van der Waals surface area contributed by atoms with Crippen LogP contribution in [-0.4, -0.2) is 62.8 Å². The first-order chi connectivity index (χ1) is 13.8. The number of halogens is 3. The fourth-order valence-corrected chi connectivity index (χ4v) is 3.76. The Bertz CT molecular complexity index is 1030. The summed E-state index contributed by atoms with van der Waals surface area (Å²) >= 11 is 0. The molecule has 1 saturated heterocycles. The second kappa shape index (κ2) is 7.18. The number of benzene rings is 1. The zero-order valence-corrected chi connectivity index (χ0v) is 16.1. The van der Waals surface area contributed by atoms with E-state index in [1.165, 1.54) is 6.07 Å². The van der Waals surface area contributed by atoms with Gasteiger partial charge in [-0.2, -0.15) is 13.2 Å². The molecular formula is C19H21F3N6O. The SMILES string of the molecule is CN1CCCC(N(C)c2nnc(-c3ccc(C(F)(F)F)cc3O)n3ccnc23)C1. The van der Waals surface area contributed by atoms with Crippen LogP contribution in [-0.2, 0) is 6.18 Å². The Morgan fingerprint density at radius 1 is 1.24 bits per heavy atom. The van der Waals surface area contributed by atoms with Crippen molar-refractivity contribution in [1.29, 1.82) is 0 Å². The van der Waals surface area contributed by atoms with E-state index in [1.54, 1.807) is 16.8 Å². The molecule has 10 heteroatoms. The summed E-state index contributed by atoms with van der Waals surface area (Å²) in [5, 5.41) is 18.7. The highest BCUT2D eigenvalue weighted by molar-refractivity contribution is 5.71. The molecule has 0 radical (unpaired) electrons. The number of rotatable bonds is 3. The first kappa shape index (κ1) is 19.4. The van der Waals surface area contributed by atoms with Gasteiger partial charge in [0.15, 0.2) is 17.3 Å². The highest BCUT2D eigenvalue weighted by Crippen LogP contribution is 2.36. The highest BCUT2D eigenvalue weighted by atomic mass is 19.4. The van der Waals surface area contributed by atoms with E-state index in [0.29, 0.717) is 17.5 Å². The zero-order chi connectivity index (χ0) is 20.8. The molecule has 1 aromatic carbocycles. The number of imidazole rings is 1. The third-order valence-corrected chi connectivity index (χ3v) is 5.36. The number of aromatic hydroxyl groups is 1. The van der Waals surface area contributed by atoms with Gasteiger partial charge in [0.05, 0.1) is 11.1 Å². The van der Waals surface area contributed by atoms with Gasteiger partial charge in [0.2, 0.25) is 0 Å². The first-order valence-electron chi connectivity index (χ1n) is 9.27. The quantitative estimate of drug-likeness (QED) is 0.721. The lowest BCUT2D eigenvalue weighted by Gasteiger charge is -2.36. The molecule has 1 N–H and O–H groups in total. The Morgan fingerprint density at radius 2 is 2.03 bits per heavy atom. The largest absolute Gasteiger partial charge is 0.507 e. The highest BCUT2D eigenvalue weighted by Gasteiger charge is 2.32. The molecular weight excluding hydrogens is 385 g/mol. The molecule has 1 aliphatic heterocycles. The summed E-state index contributed by atoms with van der Waals surface area (Å²) in [6, 6.07) is 3.06. The second-order valence-corrected chi connectivity index (χ2v) is 7.37. The van der Waals surface area contributed by atoms with Gasteiger partial charge in [-0.15, -0.1) is 10.2 Å². The molecule has 0 amide bonds. The smallest absolute Gasteiger partial charge is 0.416 e. The molecule has 1 atom stereocenters. The Labute approximate surface area is 165 Å². The van der Waals surface area contributed by atoms with Gasteiger partial charge >= 0.3 is 6.18 Å². The number of hydrogen-bond acceptors (Lipinski definition) is 6. The molecule has 0 bridgehead atoms. The minimum atomic E-state index is -4.54. The number of likely N-dealkylation sites (tertiary alicyclic amines) is 1. The summed E-state index contributed by atoms with van der Waals surface area (Å²) in [5.74, 6) is 0.297. The Kier molecular flexibility index (Phi) is 4.81. The maximum Gasteiger partial charge on any atom is 0.416 e. The lowest BCUT2D eigenvalue weighted by atomic mass is 10.1. The van der Waals surface area contributed by atoms with Crippen molar-refractivity contribution in [3.63, 3.8) is 0 Å². The molecule has 3 heterocycles. The van der Waals surface area contributed by atoms with Gasteiger partial charge in [-0.05, 0) is 44.6 Å². The van der Waals surface area contributed by atoms with Gasteiger partial charge < -0.3 is 14.9 Å². The number of hydrogen-bond donors (Lipinski definition) is 1. The number of alkyl halides is 3. The number of phenolic OH excluding ortho intramolecular Hbond substituents is 1. The Hall–Kier alpha value is -2.88. The molecule has 0 aliphatic carbocycles. The van der Waals surface area contributed by atoms with Crippen molar-refractivity contribution in [2.45, 2.75) is 25.1 Å². The number of anilines is 1. The van der Waals surface area contributed by atoms with Gasteiger partial charge in [0, 0.05) is 32.0 Å². The van der Waals surface area contributed by atoms with Gasteiger partial charge in [0.25, 0.3) is 0 Å². The van der Waals surface area contributed by atoms with Crippen LogP contribution in [0, 0.1) is 0 Å². The summed E-state index contributed by atoms with van der Waals surface area (Å²) in [6.45, 7) is 1.95. The first-order valence-corrected chi connectivity index (χ1v) is 9.27. The fourth-order valence-electron chi connectivity index (χ4n) is 3.76. The van der Waals surface area contributed by atoms with E-state index in [1.807, 2.05) is 11.9 Å². The lowest BCUT2D eigenvalue weighted by molar-refractivity contribution is -0.137. The van der Waals surface area contributed by atoms with E-state index < -0.39 is 17.5 Å². The predicted molar refractivity (Wildman–Crippen MR) is 102 cm³/mol. The van der Waals surface area contributed by atoms with E-state index >= 15 is 0 Å². The summed E-state index contributed by atoms with van der Waals surface area (Å²) in [5.41, 5.74) is -0.239. The average Bonchev–Trinajstić information content (AvgIpc) is 3.16. The van der Waals surface area contributed by atoms with Crippen LogP contribution in [0.1, 0.15) is 18.4 Å². The average molecular weight is 406 g/mol. The maximum absolute atomic E-state index is 12.9. The second-order valence-electron chi connectivity index (χ2n) is 7.37. The van der Waals surface area contributed by atoms with Crippen LogP contribution in [0.5, 0.6) is 5.75 Å². The molecule has 1 unspecified atom stereocenters. The van der Waals surface area contributed by atoms with Crippen molar-refractivity contribution in [3.8, 4) is 17.1 Å². The molecule has 2 aromatic heterocycles. The molecule has 3 aromatic rings. The van der Waals surface area contributed by atoms with E-state index in [-0.39, 0.29) is 17.4 Å². The summed E-state index contributed by atoms with van der Waals surface area (Å²) in [4.78, 5) is 8.67. The van der Waals surface area contributed by atoms with E-state index in [0.717, 1.165) is 32.0 Å². The van der Waals surface area contributed by atoms with Crippen molar-refractivity contribution < 1.29 is 18.3 Å². The summed E-state index contributed by atoms with van der Waals surface area (Å²) in [7, 11) is 4.02. The molecule has 0 saturated carbocycles.